The molecule has 0 aliphatic heterocycles. The zero-order valence-corrected chi connectivity index (χ0v) is 13.3. The predicted molar refractivity (Wildman–Crippen MR) is 84.6 cm³/mol. The Labute approximate surface area is 123 Å². The van der Waals surface area contributed by atoms with Crippen molar-refractivity contribution in [1.82, 2.24) is 9.97 Å². The van der Waals surface area contributed by atoms with Crippen LogP contribution in [0.25, 0.3) is 10.2 Å². The van der Waals surface area contributed by atoms with Crippen molar-refractivity contribution < 1.29 is 0 Å². The van der Waals surface area contributed by atoms with E-state index in [1.165, 1.54) is 10.3 Å². The van der Waals surface area contributed by atoms with Crippen LogP contribution < -0.4 is 4.90 Å². The molecule has 2 rings (SSSR count). The molecule has 0 aliphatic rings. The van der Waals surface area contributed by atoms with Crippen molar-refractivity contribution in [2.24, 2.45) is 0 Å². The van der Waals surface area contributed by atoms with Gasteiger partial charge in [0.25, 0.3) is 0 Å². The Bertz CT molecular complexity index is 536. The van der Waals surface area contributed by atoms with Gasteiger partial charge in [-0.05, 0) is 30.7 Å². The Morgan fingerprint density at radius 1 is 1.32 bits per heavy atom. The Morgan fingerprint density at radius 2 is 2.05 bits per heavy atom. The molecule has 0 N–H and O–H groups in total. The molecule has 5 heteroatoms. The van der Waals surface area contributed by atoms with Crippen LogP contribution in [0, 0.1) is 6.92 Å². The van der Waals surface area contributed by atoms with Crippen LogP contribution >= 0.6 is 22.9 Å². The second-order valence-corrected chi connectivity index (χ2v) is 5.90. The topological polar surface area (TPSA) is 29.0 Å². The number of alkyl halides is 1. The third-order valence-corrected chi connectivity index (χ3v) is 4.74. The minimum absolute atomic E-state index is 0.485. The molecule has 0 atom stereocenters. The summed E-state index contributed by atoms with van der Waals surface area (Å²) in [5.41, 5.74) is 2.29. The fourth-order valence-electron chi connectivity index (χ4n) is 2.44. The highest BCUT2D eigenvalue weighted by atomic mass is 35.5. The quantitative estimate of drug-likeness (QED) is 0.747. The molecule has 0 spiro atoms. The first-order chi connectivity index (χ1) is 9.22. The first-order valence-electron chi connectivity index (χ1n) is 6.74. The minimum Gasteiger partial charge on any atom is -0.351 e. The summed E-state index contributed by atoms with van der Waals surface area (Å²) < 4.78 is 1.18. The number of nitrogens with zero attached hydrogens (tertiary/aromatic N) is 3. The van der Waals surface area contributed by atoms with Crippen molar-refractivity contribution in [2.75, 3.05) is 17.3 Å². The maximum atomic E-state index is 5.98. The van der Waals surface area contributed by atoms with Crippen LogP contribution in [0.15, 0.2) is 11.7 Å². The molecule has 0 fully saturated rings. The Balaban J connectivity index is 2.49. The molecule has 0 unspecified atom stereocenters. The summed E-state index contributed by atoms with van der Waals surface area (Å²) in [5.74, 6) is 1.66. The zero-order valence-electron chi connectivity index (χ0n) is 11.7. The summed E-state index contributed by atoms with van der Waals surface area (Å²) in [4.78, 5) is 11.3. The van der Waals surface area contributed by atoms with Gasteiger partial charge in [0.15, 0.2) is 0 Å². The molecular formula is C14H20ClN3S. The number of hydrogen-bond donors (Lipinski definition) is 0. The predicted octanol–water partition coefficient (Wildman–Crippen LogP) is 4.23. The number of aromatic nitrogens is 2. The van der Waals surface area contributed by atoms with Crippen LogP contribution in [0.3, 0.4) is 0 Å². The average Bonchev–Trinajstić information content (AvgIpc) is 2.81. The molecule has 0 aliphatic carbocycles. The van der Waals surface area contributed by atoms with Crippen molar-refractivity contribution >= 4 is 39.0 Å². The number of halogens is 1. The number of aryl methyl sites for hydroxylation is 1. The van der Waals surface area contributed by atoms with Crippen LogP contribution in [0.4, 0.5) is 5.82 Å². The number of hydrogen-bond acceptors (Lipinski definition) is 4. The molecule has 0 amide bonds. The zero-order chi connectivity index (χ0) is 13.8. The van der Waals surface area contributed by atoms with Crippen molar-refractivity contribution in [3.8, 4) is 0 Å². The molecule has 2 heterocycles. The summed E-state index contributed by atoms with van der Waals surface area (Å²) in [6.45, 7) is 7.36. The van der Waals surface area contributed by atoms with Gasteiger partial charge in [-0.1, -0.05) is 13.8 Å². The highest BCUT2D eigenvalue weighted by Gasteiger charge is 2.20. The Hall–Kier alpha value is -0.870. The molecule has 0 bridgehead atoms. The fourth-order valence-corrected chi connectivity index (χ4v) is 3.63. The van der Waals surface area contributed by atoms with E-state index in [1.54, 1.807) is 17.7 Å². The van der Waals surface area contributed by atoms with Gasteiger partial charge in [-0.15, -0.1) is 22.9 Å². The summed E-state index contributed by atoms with van der Waals surface area (Å²) in [6.07, 6.45) is 3.87. The summed E-state index contributed by atoms with van der Waals surface area (Å²) >= 11 is 7.70. The van der Waals surface area contributed by atoms with Gasteiger partial charge >= 0.3 is 0 Å². The van der Waals surface area contributed by atoms with E-state index in [9.17, 15) is 0 Å². The lowest BCUT2D eigenvalue weighted by Crippen LogP contribution is -2.36. The summed E-state index contributed by atoms with van der Waals surface area (Å²) in [6, 6.07) is 0.485. The van der Waals surface area contributed by atoms with Crippen molar-refractivity contribution in [3.05, 3.63) is 17.3 Å². The number of anilines is 1. The third kappa shape index (κ3) is 2.84. The molecular weight excluding hydrogens is 278 g/mol. The smallest absolute Gasteiger partial charge is 0.150 e. The molecule has 2 aromatic heterocycles. The maximum absolute atomic E-state index is 5.98. The lowest BCUT2D eigenvalue weighted by atomic mass is 10.1. The van der Waals surface area contributed by atoms with E-state index in [0.717, 1.165) is 30.7 Å². The summed E-state index contributed by atoms with van der Waals surface area (Å²) in [5, 5.41) is 2.15. The second-order valence-electron chi connectivity index (χ2n) is 4.65. The van der Waals surface area contributed by atoms with Gasteiger partial charge in [-0.2, -0.15) is 0 Å². The van der Waals surface area contributed by atoms with Crippen molar-refractivity contribution in [3.63, 3.8) is 0 Å². The lowest BCUT2D eigenvalue weighted by molar-refractivity contribution is 0.564. The van der Waals surface area contributed by atoms with Crippen LogP contribution in [0.2, 0.25) is 0 Å². The van der Waals surface area contributed by atoms with E-state index in [-0.39, 0.29) is 0 Å². The highest BCUT2D eigenvalue weighted by molar-refractivity contribution is 7.18. The number of thiophene rings is 1. The maximum Gasteiger partial charge on any atom is 0.150 e. The van der Waals surface area contributed by atoms with E-state index in [4.69, 9.17) is 11.6 Å². The van der Waals surface area contributed by atoms with Crippen molar-refractivity contribution in [1.29, 1.82) is 0 Å². The lowest BCUT2D eigenvalue weighted by Gasteiger charge is -2.31. The first kappa shape index (κ1) is 14.5. The van der Waals surface area contributed by atoms with Crippen LogP contribution in [0.5, 0.6) is 0 Å². The molecule has 2 aromatic rings. The molecule has 19 heavy (non-hydrogen) atoms. The molecule has 0 radical (unpaired) electrons. The second kappa shape index (κ2) is 6.53. The van der Waals surface area contributed by atoms with Gasteiger partial charge in [0, 0.05) is 18.5 Å². The van der Waals surface area contributed by atoms with E-state index in [2.05, 4.69) is 41.0 Å². The Kier molecular flexibility index (Phi) is 4.99. The van der Waals surface area contributed by atoms with E-state index >= 15 is 0 Å². The monoisotopic (exact) mass is 297 g/mol. The molecule has 0 aromatic carbocycles. The van der Waals surface area contributed by atoms with Gasteiger partial charge in [0.1, 0.15) is 12.1 Å². The van der Waals surface area contributed by atoms with E-state index in [0.29, 0.717) is 11.9 Å². The third-order valence-electron chi connectivity index (χ3n) is 3.49. The normalized spacial score (nSPS) is 11.4. The van der Waals surface area contributed by atoms with E-state index in [1.807, 2.05) is 0 Å². The Morgan fingerprint density at radius 3 is 2.68 bits per heavy atom. The van der Waals surface area contributed by atoms with Gasteiger partial charge in [0.05, 0.1) is 10.2 Å². The number of fused-ring (bicyclic) bond motifs is 1. The largest absolute Gasteiger partial charge is 0.351 e. The minimum atomic E-state index is 0.485. The number of rotatable bonds is 6. The fraction of sp³-hybridized carbons (Fsp3) is 0.571. The summed E-state index contributed by atoms with van der Waals surface area (Å²) in [7, 11) is 0. The molecule has 3 nitrogen and oxygen atoms in total. The average molecular weight is 298 g/mol. The first-order valence-corrected chi connectivity index (χ1v) is 8.15. The van der Waals surface area contributed by atoms with E-state index < -0.39 is 0 Å². The van der Waals surface area contributed by atoms with Gasteiger partial charge in [-0.3, -0.25) is 0 Å². The van der Waals surface area contributed by atoms with Crippen LogP contribution in [0.1, 0.15) is 32.3 Å². The van der Waals surface area contributed by atoms with Gasteiger partial charge in [0.2, 0.25) is 0 Å². The molecule has 0 saturated heterocycles. The standard InChI is InChI=1S/C14H20ClN3S/c1-4-11(5-2)18(7-6-15)14-13-12(16-9-17-14)10(3)8-19-13/h8-9,11H,4-7H2,1-3H3. The van der Waals surface area contributed by atoms with Crippen LogP contribution in [-0.2, 0) is 0 Å². The van der Waals surface area contributed by atoms with Gasteiger partial charge in [-0.25, -0.2) is 9.97 Å². The molecule has 104 valence electrons. The molecule has 0 saturated carbocycles. The van der Waals surface area contributed by atoms with Gasteiger partial charge < -0.3 is 4.90 Å². The SMILES string of the molecule is CCC(CC)N(CCCl)c1ncnc2c(C)csc12. The van der Waals surface area contributed by atoms with Crippen LogP contribution in [-0.4, -0.2) is 28.4 Å². The van der Waals surface area contributed by atoms with Crippen molar-refractivity contribution in [2.45, 2.75) is 39.7 Å². The highest BCUT2D eigenvalue weighted by Crippen LogP contribution is 2.32.